The first-order chi connectivity index (χ1) is 10.6. The Labute approximate surface area is 125 Å². The molecule has 0 spiro atoms. The second-order valence-corrected chi connectivity index (χ2v) is 4.44. The van der Waals surface area contributed by atoms with Crippen molar-refractivity contribution in [3.63, 3.8) is 0 Å². The normalized spacial score (nSPS) is 12.3. The van der Waals surface area contributed by atoms with E-state index < -0.39 is 40.8 Å². The Balaban J connectivity index is 2.65. The summed E-state index contributed by atoms with van der Waals surface area (Å²) in [6, 6.07) is 3.24. The Bertz CT molecular complexity index is 732. The number of carbonyl (C=O) groups excluding carboxylic acids is 1. The lowest BCUT2D eigenvalue weighted by atomic mass is 10.1. The first-order valence-corrected chi connectivity index (χ1v) is 6.10. The number of aromatic nitrogens is 2. The van der Waals surface area contributed by atoms with Crippen molar-refractivity contribution in [2.75, 3.05) is 7.05 Å². The van der Waals surface area contributed by atoms with Gasteiger partial charge in [-0.25, -0.2) is 4.68 Å². The van der Waals surface area contributed by atoms with E-state index in [0.717, 1.165) is 25.2 Å². The number of halogens is 6. The summed E-state index contributed by atoms with van der Waals surface area (Å²) in [5.41, 5.74) is -3.81. The van der Waals surface area contributed by atoms with Crippen molar-refractivity contribution in [2.24, 2.45) is 0 Å². The van der Waals surface area contributed by atoms with Crippen LogP contribution >= 0.6 is 0 Å². The summed E-state index contributed by atoms with van der Waals surface area (Å²) in [5, 5.41) is 5.44. The van der Waals surface area contributed by atoms with Crippen molar-refractivity contribution < 1.29 is 31.1 Å². The Morgan fingerprint density at radius 2 is 1.78 bits per heavy atom. The number of alkyl halides is 6. The molecule has 23 heavy (non-hydrogen) atoms. The van der Waals surface area contributed by atoms with E-state index in [4.69, 9.17) is 0 Å². The number of carbonyl (C=O) groups is 1. The first-order valence-electron chi connectivity index (χ1n) is 6.10. The highest BCUT2D eigenvalue weighted by molar-refractivity contribution is 5.95. The van der Waals surface area contributed by atoms with E-state index in [1.807, 2.05) is 5.32 Å². The van der Waals surface area contributed by atoms with E-state index in [1.165, 1.54) is 0 Å². The molecule has 0 fully saturated rings. The van der Waals surface area contributed by atoms with E-state index >= 15 is 0 Å². The van der Waals surface area contributed by atoms with Gasteiger partial charge in [0.2, 0.25) is 0 Å². The maximum atomic E-state index is 13.2. The summed E-state index contributed by atoms with van der Waals surface area (Å²) in [6.07, 6.45) is -9.04. The molecule has 0 bridgehead atoms. The van der Waals surface area contributed by atoms with Crippen LogP contribution in [-0.4, -0.2) is 22.7 Å². The molecule has 0 aliphatic carbocycles. The fourth-order valence-corrected chi connectivity index (χ4v) is 1.93. The average Bonchev–Trinajstić information content (AvgIpc) is 2.90. The topological polar surface area (TPSA) is 46.9 Å². The van der Waals surface area contributed by atoms with Gasteiger partial charge < -0.3 is 5.32 Å². The molecule has 2 aromatic rings. The van der Waals surface area contributed by atoms with Gasteiger partial charge in [-0.1, -0.05) is 6.07 Å². The minimum Gasteiger partial charge on any atom is -0.355 e. The van der Waals surface area contributed by atoms with Gasteiger partial charge in [0.15, 0.2) is 5.69 Å². The number of hydrogen-bond donors (Lipinski definition) is 1. The van der Waals surface area contributed by atoms with Crippen LogP contribution in [0.1, 0.15) is 21.6 Å². The number of hydrogen-bond acceptors (Lipinski definition) is 2. The van der Waals surface area contributed by atoms with Gasteiger partial charge in [0.25, 0.3) is 5.91 Å². The van der Waals surface area contributed by atoms with Gasteiger partial charge in [0.05, 0.1) is 23.0 Å². The Morgan fingerprint density at radius 1 is 1.13 bits per heavy atom. The van der Waals surface area contributed by atoms with Crippen LogP contribution in [0.4, 0.5) is 26.3 Å². The van der Waals surface area contributed by atoms with Crippen LogP contribution in [0.2, 0.25) is 0 Å². The molecule has 1 aromatic carbocycles. The predicted molar refractivity (Wildman–Crippen MR) is 67.0 cm³/mol. The molecule has 10 heteroatoms. The molecule has 0 radical (unpaired) electrons. The third kappa shape index (κ3) is 3.30. The lowest BCUT2D eigenvalue weighted by Crippen LogP contribution is -2.23. The highest BCUT2D eigenvalue weighted by Crippen LogP contribution is 2.35. The molecule has 0 atom stereocenters. The summed E-state index contributed by atoms with van der Waals surface area (Å²) in [6.45, 7) is 0. The summed E-state index contributed by atoms with van der Waals surface area (Å²) in [7, 11) is 1.13. The van der Waals surface area contributed by atoms with E-state index in [-0.39, 0.29) is 4.68 Å². The zero-order valence-corrected chi connectivity index (χ0v) is 11.5. The minimum absolute atomic E-state index is 0.264. The molecule has 0 saturated carbocycles. The molecular weight excluding hydrogens is 328 g/mol. The highest BCUT2D eigenvalue weighted by Gasteiger charge is 2.40. The van der Waals surface area contributed by atoms with Crippen molar-refractivity contribution in [3.8, 4) is 5.69 Å². The van der Waals surface area contributed by atoms with Crippen molar-refractivity contribution in [2.45, 2.75) is 12.4 Å². The standard InChI is InChI=1S/C13H9F6N3O/c1-20-11(23)9-6-21-22(10(9)13(17,18)19)8-4-2-3-7(5-8)12(14,15)16/h2-6H,1H3,(H,20,23). The third-order valence-corrected chi connectivity index (χ3v) is 2.93. The first kappa shape index (κ1) is 16.8. The van der Waals surface area contributed by atoms with Crippen LogP contribution < -0.4 is 5.32 Å². The second-order valence-electron chi connectivity index (χ2n) is 4.44. The van der Waals surface area contributed by atoms with Crippen LogP contribution in [-0.2, 0) is 12.4 Å². The summed E-state index contributed by atoms with van der Waals surface area (Å²) in [5.74, 6) is -1.05. The quantitative estimate of drug-likeness (QED) is 0.855. The number of nitrogens with zero attached hydrogens (tertiary/aromatic N) is 2. The summed E-state index contributed by atoms with van der Waals surface area (Å²) >= 11 is 0. The van der Waals surface area contributed by atoms with Gasteiger partial charge in [0, 0.05) is 7.05 Å². The SMILES string of the molecule is CNC(=O)c1cnn(-c2cccc(C(F)(F)F)c2)c1C(F)(F)F. The van der Waals surface area contributed by atoms with Crippen LogP contribution in [0, 0.1) is 0 Å². The number of amides is 1. The molecule has 4 nitrogen and oxygen atoms in total. The lowest BCUT2D eigenvalue weighted by molar-refractivity contribution is -0.143. The monoisotopic (exact) mass is 337 g/mol. The van der Waals surface area contributed by atoms with Crippen LogP contribution in [0.15, 0.2) is 30.5 Å². The van der Waals surface area contributed by atoms with Gasteiger partial charge in [-0.3, -0.25) is 4.79 Å². The van der Waals surface area contributed by atoms with Gasteiger partial charge in [-0.05, 0) is 18.2 Å². The van der Waals surface area contributed by atoms with E-state index in [2.05, 4.69) is 5.10 Å². The maximum Gasteiger partial charge on any atom is 0.434 e. The lowest BCUT2D eigenvalue weighted by Gasteiger charge is -2.14. The van der Waals surface area contributed by atoms with E-state index in [0.29, 0.717) is 12.3 Å². The third-order valence-electron chi connectivity index (χ3n) is 2.93. The van der Waals surface area contributed by atoms with Gasteiger partial charge in [-0.15, -0.1) is 0 Å². The fraction of sp³-hybridized carbons (Fsp3) is 0.231. The largest absolute Gasteiger partial charge is 0.434 e. The molecule has 2 rings (SSSR count). The molecule has 1 N–H and O–H groups in total. The predicted octanol–water partition coefficient (Wildman–Crippen LogP) is 3.27. The molecule has 1 amide bonds. The number of rotatable bonds is 2. The van der Waals surface area contributed by atoms with Crippen LogP contribution in [0.3, 0.4) is 0 Å². The fourth-order valence-electron chi connectivity index (χ4n) is 1.93. The van der Waals surface area contributed by atoms with Gasteiger partial charge in [0.1, 0.15) is 0 Å². The number of nitrogens with one attached hydrogen (secondary N) is 1. The zero-order chi connectivity index (χ0) is 17.4. The van der Waals surface area contributed by atoms with Crippen molar-refractivity contribution >= 4 is 5.91 Å². The molecular formula is C13H9F6N3O. The van der Waals surface area contributed by atoms with E-state index in [9.17, 15) is 31.1 Å². The highest BCUT2D eigenvalue weighted by atomic mass is 19.4. The average molecular weight is 337 g/mol. The number of benzene rings is 1. The molecule has 0 aliphatic rings. The van der Waals surface area contributed by atoms with Gasteiger partial charge >= 0.3 is 12.4 Å². The maximum absolute atomic E-state index is 13.2. The Morgan fingerprint density at radius 3 is 2.30 bits per heavy atom. The second kappa shape index (κ2) is 5.60. The van der Waals surface area contributed by atoms with Crippen LogP contribution in [0.5, 0.6) is 0 Å². The molecule has 0 aliphatic heterocycles. The summed E-state index contributed by atoms with van der Waals surface area (Å²) < 4.78 is 77.9. The zero-order valence-electron chi connectivity index (χ0n) is 11.5. The van der Waals surface area contributed by atoms with Crippen molar-refractivity contribution in [1.82, 2.24) is 15.1 Å². The Hall–Kier alpha value is -2.52. The van der Waals surface area contributed by atoms with Gasteiger partial charge in [-0.2, -0.15) is 31.4 Å². The van der Waals surface area contributed by atoms with Crippen molar-refractivity contribution in [3.05, 3.63) is 47.3 Å². The smallest absolute Gasteiger partial charge is 0.355 e. The molecule has 124 valence electrons. The minimum atomic E-state index is -4.98. The summed E-state index contributed by atoms with van der Waals surface area (Å²) in [4.78, 5) is 11.5. The Kier molecular flexibility index (Phi) is 4.10. The molecule has 0 unspecified atom stereocenters. The van der Waals surface area contributed by atoms with Crippen molar-refractivity contribution in [1.29, 1.82) is 0 Å². The molecule has 0 saturated heterocycles. The molecule has 1 heterocycles. The van der Waals surface area contributed by atoms with Crippen LogP contribution in [0.25, 0.3) is 5.69 Å². The molecule has 1 aromatic heterocycles. The van der Waals surface area contributed by atoms with E-state index in [1.54, 1.807) is 0 Å².